The van der Waals surface area contributed by atoms with Crippen LogP contribution in [0.1, 0.15) is 18.7 Å². The van der Waals surface area contributed by atoms with Crippen LogP contribution in [-0.4, -0.2) is 18.0 Å². The number of rotatable bonds is 4. The lowest BCUT2D eigenvalue weighted by Gasteiger charge is -2.23. The van der Waals surface area contributed by atoms with E-state index in [4.69, 9.17) is 5.73 Å². The molecule has 0 aliphatic carbocycles. The first-order valence-corrected chi connectivity index (χ1v) is 5.65. The minimum absolute atomic E-state index is 0.112. The van der Waals surface area contributed by atoms with Crippen LogP contribution < -0.4 is 11.1 Å². The maximum absolute atomic E-state index is 11.5. The molecule has 0 aromatic carbocycles. The number of nitrogens with one attached hydrogen (secondary N) is 1. The molecule has 0 spiro atoms. The van der Waals surface area contributed by atoms with Crippen molar-refractivity contribution in [2.24, 2.45) is 5.73 Å². The molecule has 0 saturated carbocycles. The van der Waals surface area contributed by atoms with Crippen LogP contribution in [0, 0.1) is 0 Å². The normalized spacial score (nSPS) is 11.9. The summed E-state index contributed by atoms with van der Waals surface area (Å²) in [6.45, 7) is 4.21. The zero-order valence-electron chi connectivity index (χ0n) is 8.99. The van der Waals surface area contributed by atoms with Crippen LogP contribution in [0.3, 0.4) is 0 Å². The first kappa shape index (κ1) is 11.9. The van der Waals surface area contributed by atoms with Crippen LogP contribution in [0.4, 0.5) is 0 Å². The molecule has 1 aromatic heterocycles. The Kier molecular flexibility index (Phi) is 4.05. The van der Waals surface area contributed by atoms with Crippen molar-refractivity contribution in [2.75, 3.05) is 6.54 Å². The first-order chi connectivity index (χ1) is 7.03. The summed E-state index contributed by atoms with van der Waals surface area (Å²) in [5.74, 6) is -0.112. The molecule has 1 amide bonds. The maximum Gasteiger partial charge on any atom is 0.244 e. The van der Waals surface area contributed by atoms with Crippen molar-refractivity contribution in [1.82, 2.24) is 5.32 Å². The molecule has 0 saturated heterocycles. The summed E-state index contributed by atoms with van der Waals surface area (Å²) in [6, 6.07) is 3.91. The Labute approximate surface area is 94.0 Å². The van der Waals surface area contributed by atoms with Crippen molar-refractivity contribution < 1.29 is 4.79 Å². The van der Waals surface area contributed by atoms with E-state index in [1.165, 1.54) is 6.08 Å². The number of hydrogen-bond donors (Lipinski definition) is 2. The molecule has 0 radical (unpaired) electrons. The molecule has 15 heavy (non-hydrogen) atoms. The van der Waals surface area contributed by atoms with E-state index in [-0.39, 0.29) is 11.4 Å². The average Bonchev–Trinajstić information content (AvgIpc) is 2.66. The summed E-state index contributed by atoms with van der Waals surface area (Å²) in [5, 5.41) is 4.80. The van der Waals surface area contributed by atoms with E-state index < -0.39 is 0 Å². The minimum atomic E-state index is -0.350. The number of thiophene rings is 1. The third-order valence-corrected chi connectivity index (χ3v) is 2.75. The van der Waals surface area contributed by atoms with Gasteiger partial charge in [-0.25, -0.2) is 0 Å². The van der Waals surface area contributed by atoms with Crippen molar-refractivity contribution in [3.63, 3.8) is 0 Å². The minimum Gasteiger partial charge on any atom is -0.346 e. The van der Waals surface area contributed by atoms with Gasteiger partial charge < -0.3 is 11.1 Å². The Balaban J connectivity index is 2.50. The Bertz CT molecular complexity index is 341. The van der Waals surface area contributed by atoms with Gasteiger partial charge in [-0.05, 0) is 31.4 Å². The number of carbonyl (C=O) groups excluding carboxylic acids is 1. The molecular formula is C11H16N2OS. The highest BCUT2D eigenvalue weighted by atomic mass is 32.1. The molecule has 0 bridgehead atoms. The fourth-order valence-corrected chi connectivity index (χ4v) is 1.59. The molecule has 1 rings (SSSR count). The van der Waals surface area contributed by atoms with Gasteiger partial charge in [0.1, 0.15) is 0 Å². The number of nitrogens with two attached hydrogens (primary N) is 1. The van der Waals surface area contributed by atoms with Gasteiger partial charge >= 0.3 is 0 Å². The third kappa shape index (κ3) is 4.27. The molecule has 82 valence electrons. The SMILES string of the molecule is CC(C)(CN)NC(=O)C=Cc1cccs1. The molecule has 1 aromatic rings. The van der Waals surface area contributed by atoms with Gasteiger partial charge in [0.2, 0.25) is 5.91 Å². The van der Waals surface area contributed by atoms with E-state index in [1.54, 1.807) is 17.4 Å². The van der Waals surface area contributed by atoms with Gasteiger partial charge in [-0.3, -0.25) is 4.79 Å². The maximum atomic E-state index is 11.5. The van der Waals surface area contributed by atoms with E-state index in [9.17, 15) is 4.79 Å². The van der Waals surface area contributed by atoms with E-state index >= 15 is 0 Å². The number of hydrogen-bond acceptors (Lipinski definition) is 3. The van der Waals surface area contributed by atoms with Crippen molar-refractivity contribution >= 4 is 23.3 Å². The number of amides is 1. The molecular weight excluding hydrogens is 208 g/mol. The Hall–Kier alpha value is -1.13. The lowest BCUT2D eigenvalue weighted by Crippen LogP contribution is -2.48. The zero-order valence-corrected chi connectivity index (χ0v) is 9.80. The molecule has 0 aliphatic heterocycles. The fraction of sp³-hybridized carbons (Fsp3) is 0.364. The van der Waals surface area contributed by atoms with E-state index in [2.05, 4.69) is 5.32 Å². The summed E-state index contributed by atoms with van der Waals surface area (Å²) < 4.78 is 0. The molecule has 4 heteroatoms. The largest absolute Gasteiger partial charge is 0.346 e. The summed E-state index contributed by atoms with van der Waals surface area (Å²) >= 11 is 1.60. The first-order valence-electron chi connectivity index (χ1n) is 4.77. The summed E-state index contributed by atoms with van der Waals surface area (Å²) in [5.41, 5.74) is 5.16. The van der Waals surface area contributed by atoms with Crippen LogP contribution in [0.2, 0.25) is 0 Å². The highest BCUT2D eigenvalue weighted by molar-refractivity contribution is 7.10. The van der Waals surface area contributed by atoms with Crippen molar-refractivity contribution in [1.29, 1.82) is 0 Å². The second kappa shape index (κ2) is 5.09. The predicted molar refractivity (Wildman–Crippen MR) is 64.6 cm³/mol. The Morgan fingerprint density at radius 1 is 1.67 bits per heavy atom. The van der Waals surface area contributed by atoms with Crippen LogP contribution in [0.25, 0.3) is 6.08 Å². The van der Waals surface area contributed by atoms with Gasteiger partial charge in [-0.1, -0.05) is 6.07 Å². The topological polar surface area (TPSA) is 55.1 Å². The van der Waals surface area contributed by atoms with Gasteiger partial charge in [0.25, 0.3) is 0 Å². The van der Waals surface area contributed by atoms with Crippen molar-refractivity contribution in [3.05, 3.63) is 28.5 Å². The van der Waals surface area contributed by atoms with Gasteiger partial charge in [-0.2, -0.15) is 0 Å². The van der Waals surface area contributed by atoms with E-state index in [1.807, 2.05) is 31.4 Å². The monoisotopic (exact) mass is 224 g/mol. The Morgan fingerprint density at radius 3 is 2.93 bits per heavy atom. The van der Waals surface area contributed by atoms with Crippen LogP contribution in [-0.2, 0) is 4.79 Å². The van der Waals surface area contributed by atoms with Crippen LogP contribution in [0.15, 0.2) is 23.6 Å². The highest BCUT2D eigenvalue weighted by Crippen LogP contribution is 2.10. The summed E-state index contributed by atoms with van der Waals surface area (Å²) in [4.78, 5) is 12.5. The molecule has 0 fully saturated rings. The van der Waals surface area contributed by atoms with Gasteiger partial charge in [0.15, 0.2) is 0 Å². The molecule has 0 unspecified atom stereocenters. The molecule has 3 N–H and O–H groups in total. The summed E-state index contributed by atoms with van der Waals surface area (Å²) in [6.07, 6.45) is 3.33. The van der Waals surface area contributed by atoms with Crippen molar-refractivity contribution in [3.8, 4) is 0 Å². The Morgan fingerprint density at radius 2 is 2.40 bits per heavy atom. The van der Waals surface area contributed by atoms with E-state index in [0.717, 1.165) is 4.88 Å². The standard InChI is InChI=1S/C11H16N2OS/c1-11(2,8-12)13-10(14)6-5-9-4-3-7-15-9/h3-7H,8,12H2,1-2H3,(H,13,14). The van der Waals surface area contributed by atoms with Crippen molar-refractivity contribution in [2.45, 2.75) is 19.4 Å². The molecule has 3 nitrogen and oxygen atoms in total. The lowest BCUT2D eigenvalue weighted by molar-refractivity contribution is -0.117. The quantitative estimate of drug-likeness (QED) is 0.763. The van der Waals surface area contributed by atoms with Gasteiger partial charge in [-0.15, -0.1) is 11.3 Å². The highest BCUT2D eigenvalue weighted by Gasteiger charge is 2.16. The molecule has 0 aliphatic rings. The third-order valence-electron chi connectivity index (χ3n) is 1.91. The predicted octanol–water partition coefficient (Wildman–Crippen LogP) is 1.61. The smallest absolute Gasteiger partial charge is 0.244 e. The summed E-state index contributed by atoms with van der Waals surface area (Å²) in [7, 11) is 0. The molecule has 1 heterocycles. The van der Waals surface area contributed by atoms with Crippen LogP contribution >= 0.6 is 11.3 Å². The van der Waals surface area contributed by atoms with Crippen LogP contribution in [0.5, 0.6) is 0 Å². The van der Waals surface area contributed by atoms with Gasteiger partial charge in [0.05, 0.1) is 0 Å². The second-order valence-electron chi connectivity index (χ2n) is 3.93. The molecule has 0 atom stereocenters. The van der Waals surface area contributed by atoms with Gasteiger partial charge in [0, 0.05) is 23.0 Å². The fourth-order valence-electron chi connectivity index (χ4n) is 0.970. The lowest BCUT2D eigenvalue weighted by atomic mass is 10.1. The number of carbonyl (C=O) groups is 1. The van der Waals surface area contributed by atoms with E-state index in [0.29, 0.717) is 6.54 Å². The second-order valence-corrected chi connectivity index (χ2v) is 4.91. The average molecular weight is 224 g/mol. The zero-order chi connectivity index (χ0) is 11.3.